The molecule has 208 valence electrons. The summed E-state index contributed by atoms with van der Waals surface area (Å²) in [6.07, 6.45) is 2.32. The summed E-state index contributed by atoms with van der Waals surface area (Å²) in [7, 11) is 0. The van der Waals surface area contributed by atoms with Crippen LogP contribution in [0, 0.1) is 27.7 Å². The highest BCUT2D eigenvalue weighted by Crippen LogP contribution is 2.35. The van der Waals surface area contributed by atoms with Gasteiger partial charge in [-0.3, -0.25) is 0 Å². The summed E-state index contributed by atoms with van der Waals surface area (Å²) in [6.45, 7) is 11.4. The lowest BCUT2D eigenvalue weighted by molar-refractivity contribution is 0.103. The molecule has 0 amide bonds. The lowest BCUT2D eigenvalue weighted by Gasteiger charge is -2.16. The van der Waals surface area contributed by atoms with Crippen molar-refractivity contribution < 1.29 is 28.0 Å². The zero-order valence-electron chi connectivity index (χ0n) is 23.3. The molecule has 0 aliphatic rings. The van der Waals surface area contributed by atoms with Crippen LogP contribution in [0.1, 0.15) is 46.9 Å². The second-order valence-electron chi connectivity index (χ2n) is 9.65. The Hall–Kier alpha value is -3.62. The molecule has 0 bridgehead atoms. The van der Waals surface area contributed by atoms with Crippen LogP contribution in [0.2, 0.25) is 0 Å². The van der Waals surface area contributed by atoms with Crippen LogP contribution >= 0.6 is 0 Å². The van der Waals surface area contributed by atoms with E-state index in [1.165, 1.54) is 5.56 Å². The average Bonchev–Trinajstić information content (AvgIpc) is 3.54. The van der Waals surface area contributed by atoms with Gasteiger partial charge in [-0.25, -0.2) is 0 Å². The molecular formula is C31H38N2O6. The van der Waals surface area contributed by atoms with E-state index in [2.05, 4.69) is 48.4 Å². The van der Waals surface area contributed by atoms with Gasteiger partial charge in [0.25, 0.3) is 0 Å². The number of aromatic nitrogens is 2. The van der Waals surface area contributed by atoms with Gasteiger partial charge in [-0.05, 0) is 63.1 Å². The first kappa shape index (κ1) is 28.4. The molecule has 0 fully saturated rings. The van der Waals surface area contributed by atoms with Crippen molar-refractivity contribution in [3.63, 3.8) is 0 Å². The normalized spacial score (nSPS) is 11.2. The third kappa shape index (κ3) is 8.97. The van der Waals surface area contributed by atoms with E-state index in [1.54, 1.807) is 0 Å². The number of hydrogen-bond acceptors (Lipinski definition) is 8. The predicted octanol–water partition coefficient (Wildman–Crippen LogP) is 6.58. The minimum Gasteiger partial charge on any atom is -0.493 e. The molecule has 2 heterocycles. The van der Waals surface area contributed by atoms with Gasteiger partial charge in [0, 0.05) is 43.6 Å². The first-order valence-corrected chi connectivity index (χ1v) is 13.4. The molecule has 0 N–H and O–H groups in total. The first-order chi connectivity index (χ1) is 19.0. The standard InChI is InChI=1S/C31H38N2O6/c1-22-7-10-31(37-15-6-13-35-21-27-19-25(4)39-33-27)30(17-22)29-20-28(9-8-23(29)2)36-14-5-12-34-16-11-26-18-24(3)38-32-26/h7-10,17-20H,5-6,11-16,21H2,1-4H3. The summed E-state index contributed by atoms with van der Waals surface area (Å²) < 4.78 is 33.8. The molecule has 0 spiro atoms. The van der Waals surface area contributed by atoms with Crippen molar-refractivity contribution in [1.82, 2.24) is 10.3 Å². The van der Waals surface area contributed by atoms with Gasteiger partial charge < -0.3 is 28.0 Å². The van der Waals surface area contributed by atoms with Crippen LogP contribution in [0.4, 0.5) is 0 Å². The Morgan fingerprint density at radius 2 is 1.36 bits per heavy atom. The van der Waals surface area contributed by atoms with Crippen LogP contribution in [0.3, 0.4) is 0 Å². The molecule has 8 heteroatoms. The third-order valence-corrected chi connectivity index (χ3v) is 6.13. The van der Waals surface area contributed by atoms with Crippen molar-refractivity contribution in [2.24, 2.45) is 0 Å². The van der Waals surface area contributed by atoms with E-state index in [0.29, 0.717) is 39.6 Å². The van der Waals surface area contributed by atoms with Crippen molar-refractivity contribution in [3.05, 3.63) is 82.6 Å². The summed E-state index contributed by atoms with van der Waals surface area (Å²) in [5.41, 5.74) is 6.22. The third-order valence-electron chi connectivity index (χ3n) is 6.13. The summed E-state index contributed by atoms with van der Waals surface area (Å²) in [5, 5.41) is 7.92. The highest BCUT2D eigenvalue weighted by atomic mass is 16.5. The molecule has 0 radical (unpaired) electrons. The number of nitrogens with zero attached hydrogens (tertiary/aromatic N) is 2. The van der Waals surface area contributed by atoms with Gasteiger partial charge in [0.15, 0.2) is 0 Å². The number of hydrogen-bond donors (Lipinski definition) is 0. The molecule has 0 saturated carbocycles. The molecule has 4 rings (SSSR count). The van der Waals surface area contributed by atoms with Gasteiger partial charge in [0.2, 0.25) is 0 Å². The Morgan fingerprint density at radius 1 is 0.641 bits per heavy atom. The van der Waals surface area contributed by atoms with Gasteiger partial charge >= 0.3 is 0 Å². The molecular weight excluding hydrogens is 496 g/mol. The number of benzene rings is 2. The molecule has 0 aliphatic carbocycles. The van der Waals surface area contributed by atoms with E-state index < -0.39 is 0 Å². The number of aryl methyl sites for hydroxylation is 4. The fraction of sp³-hybridized carbons (Fsp3) is 0.419. The molecule has 0 saturated heterocycles. The minimum absolute atomic E-state index is 0.438. The van der Waals surface area contributed by atoms with Gasteiger partial charge in [0.05, 0.1) is 38.7 Å². The maximum Gasteiger partial charge on any atom is 0.134 e. The fourth-order valence-electron chi connectivity index (χ4n) is 4.13. The molecule has 0 aliphatic heterocycles. The average molecular weight is 535 g/mol. The zero-order chi connectivity index (χ0) is 27.5. The Labute approximate surface area is 230 Å². The van der Waals surface area contributed by atoms with Crippen LogP contribution in [0.25, 0.3) is 11.1 Å². The largest absolute Gasteiger partial charge is 0.493 e. The maximum atomic E-state index is 6.19. The van der Waals surface area contributed by atoms with E-state index in [4.69, 9.17) is 28.0 Å². The summed E-state index contributed by atoms with van der Waals surface area (Å²) in [6, 6.07) is 16.3. The van der Waals surface area contributed by atoms with E-state index in [1.807, 2.05) is 38.1 Å². The van der Waals surface area contributed by atoms with Crippen LogP contribution in [-0.4, -0.2) is 43.3 Å². The quantitative estimate of drug-likeness (QED) is 0.149. The highest BCUT2D eigenvalue weighted by Gasteiger charge is 2.12. The Balaban J connectivity index is 1.24. The molecule has 0 unspecified atom stereocenters. The van der Waals surface area contributed by atoms with Gasteiger partial charge in [-0.1, -0.05) is 28.0 Å². The molecule has 4 aromatic rings. The van der Waals surface area contributed by atoms with Crippen molar-refractivity contribution in [1.29, 1.82) is 0 Å². The van der Waals surface area contributed by atoms with E-state index in [9.17, 15) is 0 Å². The van der Waals surface area contributed by atoms with E-state index in [0.717, 1.165) is 70.4 Å². The van der Waals surface area contributed by atoms with E-state index in [-0.39, 0.29) is 0 Å². The molecule has 8 nitrogen and oxygen atoms in total. The van der Waals surface area contributed by atoms with Gasteiger partial charge in [-0.2, -0.15) is 0 Å². The van der Waals surface area contributed by atoms with Gasteiger partial charge in [0.1, 0.15) is 28.7 Å². The van der Waals surface area contributed by atoms with Crippen molar-refractivity contribution in [3.8, 4) is 22.6 Å². The Bertz CT molecular complexity index is 1310. The SMILES string of the molecule is Cc1ccc(OCCCOCc2cc(C)on2)c(-c2cc(OCCCOCCc3cc(C)on3)ccc2C)c1. The topological polar surface area (TPSA) is 89.0 Å². The number of rotatable bonds is 16. The second-order valence-corrected chi connectivity index (χ2v) is 9.65. The van der Waals surface area contributed by atoms with Crippen molar-refractivity contribution >= 4 is 0 Å². The maximum absolute atomic E-state index is 6.19. The van der Waals surface area contributed by atoms with Crippen LogP contribution in [0.15, 0.2) is 57.6 Å². The fourth-order valence-corrected chi connectivity index (χ4v) is 4.13. The molecule has 39 heavy (non-hydrogen) atoms. The van der Waals surface area contributed by atoms with Crippen LogP contribution in [-0.2, 0) is 22.5 Å². The summed E-state index contributed by atoms with van der Waals surface area (Å²) in [4.78, 5) is 0. The molecule has 0 atom stereocenters. The molecule has 2 aromatic heterocycles. The molecule has 2 aromatic carbocycles. The lowest BCUT2D eigenvalue weighted by Crippen LogP contribution is -2.06. The first-order valence-electron chi connectivity index (χ1n) is 13.4. The van der Waals surface area contributed by atoms with E-state index >= 15 is 0 Å². The Kier molecular flexibility index (Phi) is 10.6. The van der Waals surface area contributed by atoms with Crippen LogP contribution < -0.4 is 9.47 Å². The summed E-state index contributed by atoms with van der Waals surface area (Å²) in [5.74, 6) is 3.29. The van der Waals surface area contributed by atoms with Crippen molar-refractivity contribution in [2.75, 3.05) is 33.0 Å². The Morgan fingerprint density at radius 3 is 2.10 bits per heavy atom. The van der Waals surface area contributed by atoms with Crippen molar-refractivity contribution in [2.45, 2.75) is 53.6 Å². The number of ether oxygens (including phenoxy) is 4. The summed E-state index contributed by atoms with van der Waals surface area (Å²) >= 11 is 0. The zero-order valence-corrected chi connectivity index (χ0v) is 23.3. The lowest BCUT2D eigenvalue weighted by atomic mass is 9.98. The van der Waals surface area contributed by atoms with Gasteiger partial charge in [-0.15, -0.1) is 0 Å². The van der Waals surface area contributed by atoms with Crippen LogP contribution in [0.5, 0.6) is 11.5 Å². The minimum atomic E-state index is 0.438. The highest BCUT2D eigenvalue weighted by molar-refractivity contribution is 5.75. The second kappa shape index (κ2) is 14.5. The predicted molar refractivity (Wildman–Crippen MR) is 148 cm³/mol. The monoisotopic (exact) mass is 534 g/mol. The smallest absolute Gasteiger partial charge is 0.134 e.